The molecule has 0 bridgehead atoms. The Hall–Kier alpha value is -1.95. The first-order chi connectivity index (χ1) is 10.9. The van der Waals surface area contributed by atoms with E-state index < -0.39 is 0 Å². The van der Waals surface area contributed by atoms with Gasteiger partial charge in [0.25, 0.3) is 5.91 Å². The molecule has 0 aliphatic rings. The number of nitrogens with one attached hydrogen (secondary N) is 3. The van der Waals surface area contributed by atoms with Crippen LogP contribution in [-0.4, -0.2) is 16.9 Å². The van der Waals surface area contributed by atoms with Gasteiger partial charge in [-0.25, -0.2) is 0 Å². The van der Waals surface area contributed by atoms with E-state index >= 15 is 0 Å². The van der Waals surface area contributed by atoms with Crippen molar-refractivity contribution in [1.29, 1.82) is 0 Å². The zero-order valence-electron chi connectivity index (χ0n) is 13.9. The Bertz CT molecular complexity index is 541. The van der Waals surface area contributed by atoms with Gasteiger partial charge in [-0.05, 0) is 42.3 Å². The molecule has 0 saturated carbocycles. The van der Waals surface area contributed by atoms with Gasteiger partial charge in [0.2, 0.25) is 5.91 Å². The standard InChI is InChI=1S/C17H25N3O2S/c1-4-5-6-7-15(21)19-20-17(23)18-16(22)14-10-8-13(9-11-14)12(2)3/h8-12H,4-7H2,1-3H3,(H,19,21)(H2,18,20,22,23). The van der Waals surface area contributed by atoms with Gasteiger partial charge in [0, 0.05) is 12.0 Å². The maximum Gasteiger partial charge on any atom is 0.257 e. The number of amides is 2. The van der Waals surface area contributed by atoms with Crippen molar-refractivity contribution in [3.8, 4) is 0 Å². The molecule has 0 unspecified atom stereocenters. The van der Waals surface area contributed by atoms with Gasteiger partial charge in [0.1, 0.15) is 0 Å². The predicted octanol–water partition coefficient (Wildman–Crippen LogP) is 3.03. The van der Waals surface area contributed by atoms with Gasteiger partial charge in [-0.2, -0.15) is 0 Å². The van der Waals surface area contributed by atoms with E-state index in [0.29, 0.717) is 17.9 Å². The van der Waals surface area contributed by atoms with Crippen molar-refractivity contribution >= 4 is 29.1 Å². The second kappa shape index (κ2) is 9.94. The van der Waals surface area contributed by atoms with Crippen molar-refractivity contribution in [3.05, 3.63) is 35.4 Å². The van der Waals surface area contributed by atoms with Crippen LogP contribution in [0, 0.1) is 0 Å². The van der Waals surface area contributed by atoms with Crippen LogP contribution >= 0.6 is 12.2 Å². The van der Waals surface area contributed by atoms with Gasteiger partial charge in [0.15, 0.2) is 5.11 Å². The molecule has 0 radical (unpaired) electrons. The second-order valence-corrected chi connectivity index (χ2v) is 6.10. The van der Waals surface area contributed by atoms with Crippen LogP contribution in [0.4, 0.5) is 0 Å². The number of benzene rings is 1. The molecular formula is C17H25N3O2S. The summed E-state index contributed by atoms with van der Waals surface area (Å²) in [4.78, 5) is 23.6. The topological polar surface area (TPSA) is 70.2 Å². The highest BCUT2D eigenvalue weighted by Gasteiger charge is 2.09. The van der Waals surface area contributed by atoms with Crippen molar-refractivity contribution in [2.75, 3.05) is 0 Å². The molecule has 5 nitrogen and oxygen atoms in total. The lowest BCUT2D eigenvalue weighted by Crippen LogP contribution is -2.48. The van der Waals surface area contributed by atoms with E-state index in [1.807, 2.05) is 12.1 Å². The highest BCUT2D eigenvalue weighted by Crippen LogP contribution is 2.14. The van der Waals surface area contributed by atoms with Crippen LogP contribution in [0.25, 0.3) is 0 Å². The maximum absolute atomic E-state index is 12.0. The Morgan fingerprint density at radius 3 is 2.30 bits per heavy atom. The number of carbonyl (C=O) groups excluding carboxylic acids is 2. The largest absolute Gasteiger partial charge is 0.298 e. The Kier molecular flexibility index (Phi) is 8.26. The number of thiocarbonyl (C=S) groups is 1. The van der Waals surface area contributed by atoms with Gasteiger partial charge in [0.05, 0.1) is 0 Å². The fourth-order valence-electron chi connectivity index (χ4n) is 1.95. The van der Waals surface area contributed by atoms with E-state index in [0.717, 1.165) is 19.3 Å². The normalized spacial score (nSPS) is 10.3. The molecule has 0 spiro atoms. The highest BCUT2D eigenvalue weighted by atomic mass is 32.1. The van der Waals surface area contributed by atoms with Gasteiger partial charge in [-0.1, -0.05) is 45.7 Å². The minimum absolute atomic E-state index is 0.0757. The lowest BCUT2D eigenvalue weighted by atomic mass is 10.0. The Morgan fingerprint density at radius 2 is 1.74 bits per heavy atom. The van der Waals surface area contributed by atoms with Crippen molar-refractivity contribution in [2.24, 2.45) is 0 Å². The van der Waals surface area contributed by atoms with Crippen LogP contribution in [0.15, 0.2) is 24.3 Å². The third-order valence-corrected chi connectivity index (χ3v) is 3.59. The molecular weight excluding hydrogens is 310 g/mol. The average molecular weight is 335 g/mol. The number of hydrazine groups is 1. The van der Waals surface area contributed by atoms with Crippen LogP contribution in [0.2, 0.25) is 0 Å². The molecule has 23 heavy (non-hydrogen) atoms. The number of hydrogen-bond donors (Lipinski definition) is 3. The zero-order chi connectivity index (χ0) is 17.2. The Labute approximate surface area is 143 Å². The summed E-state index contributed by atoms with van der Waals surface area (Å²) >= 11 is 4.99. The minimum atomic E-state index is -0.307. The number of hydrogen-bond acceptors (Lipinski definition) is 3. The fourth-order valence-corrected chi connectivity index (χ4v) is 2.09. The van der Waals surface area contributed by atoms with Crippen molar-refractivity contribution in [2.45, 2.75) is 52.4 Å². The lowest BCUT2D eigenvalue weighted by molar-refractivity contribution is -0.121. The molecule has 126 valence electrons. The Balaban J connectivity index is 2.38. The molecule has 6 heteroatoms. The quantitative estimate of drug-likeness (QED) is 0.424. The first kappa shape index (κ1) is 19.1. The van der Waals surface area contributed by atoms with E-state index in [1.54, 1.807) is 12.1 Å². The number of rotatable bonds is 6. The smallest absolute Gasteiger partial charge is 0.257 e. The Morgan fingerprint density at radius 1 is 1.09 bits per heavy atom. The molecule has 0 heterocycles. The fraction of sp³-hybridized carbons (Fsp3) is 0.471. The van der Waals surface area contributed by atoms with E-state index in [9.17, 15) is 9.59 Å². The lowest BCUT2D eigenvalue weighted by Gasteiger charge is -2.11. The molecule has 0 aliphatic heterocycles. The minimum Gasteiger partial charge on any atom is -0.298 e. The highest BCUT2D eigenvalue weighted by molar-refractivity contribution is 7.80. The SMILES string of the molecule is CCCCCC(=O)NNC(=S)NC(=O)c1ccc(C(C)C)cc1. The third-order valence-electron chi connectivity index (χ3n) is 3.39. The van der Waals surface area contributed by atoms with Crippen LogP contribution in [0.1, 0.15) is 68.3 Å². The van der Waals surface area contributed by atoms with E-state index in [4.69, 9.17) is 12.2 Å². The monoisotopic (exact) mass is 335 g/mol. The summed E-state index contributed by atoms with van der Waals surface area (Å²) in [7, 11) is 0. The van der Waals surface area contributed by atoms with Gasteiger partial charge >= 0.3 is 0 Å². The molecule has 3 N–H and O–H groups in total. The van der Waals surface area contributed by atoms with Crippen LogP contribution in [-0.2, 0) is 4.79 Å². The van der Waals surface area contributed by atoms with Gasteiger partial charge in [-0.3, -0.25) is 25.8 Å². The first-order valence-corrected chi connectivity index (χ1v) is 8.35. The summed E-state index contributed by atoms with van der Waals surface area (Å²) in [6.45, 7) is 6.27. The van der Waals surface area contributed by atoms with E-state index in [-0.39, 0.29) is 16.9 Å². The van der Waals surface area contributed by atoms with Crippen LogP contribution in [0.3, 0.4) is 0 Å². The molecule has 1 aromatic rings. The molecule has 2 amide bonds. The van der Waals surface area contributed by atoms with Gasteiger partial charge in [-0.15, -0.1) is 0 Å². The maximum atomic E-state index is 12.0. The summed E-state index contributed by atoms with van der Waals surface area (Å²) in [6.07, 6.45) is 3.35. The zero-order valence-corrected chi connectivity index (χ0v) is 14.8. The summed E-state index contributed by atoms with van der Waals surface area (Å²) in [5.41, 5.74) is 6.71. The molecule has 0 saturated heterocycles. The molecule has 0 fully saturated rings. The van der Waals surface area contributed by atoms with E-state index in [2.05, 4.69) is 36.9 Å². The second-order valence-electron chi connectivity index (χ2n) is 5.69. The summed E-state index contributed by atoms with van der Waals surface area (Å²) in [5, 5.41) is 2.61. The predicted molar refractivity (Wildman–Crippen MR) is 96.0 cm³/mol. The molecule has 0 aliphatic carbocycles. The van der Waals surface area contributed by atoms with Crippen molar-refractivity contribution < 1.29 is 9.59 Å². The summed E-state index contributed by atoms with van der Waals surface area (Å²) in [6, 6.07) is 7.37. The molecule has 0 atom stereocenters. The van der Waals surface area contributed by atoms with Crippen molar-refractivity contribution in [1.82, 2.24) is 16.2 Å². The third kappa shape index (κ3) is 7.23. The van der Waals surface area contributed by atoms with Crippen LogP contribution in [0.5, 0.6) is 0 Å². The van der Waals surface area contributed by atoms with Gasteiger partial charge < -0.3 is 0 Å². The molecule has 1 rings (SSSR count). The number of unbranched alkanes of at least 4 members (excludes halogenated alkanes) is 2. The number of carbonyl (C=O) groups is 2. The van der Waals surface area contributed by atoms with E-state index in [1.165, 1.54) is 5.56 Å². The molecule has 0 aromatic heterocycles. The van der Waals surface area contributed by atoms with Crippen LogP contribution < -0.4 is 16.2 Å². The average Bonchev–Trinajstić information content (AvgIpc) is 2.53. The van der Waals surface area contributed by atoms with Crippen molar-refractivity contribution in [3.63, 3.8) is 0 Å². The first-order valence-electron chi connectivity index (χ1n) is 7.94. The summed E-state index contributed by atoms with van der Waals surface area (Å²) < 4.78 is 0. The molecule has 1 aromatic carbocycles. The summed E-state index contributed by atoms with van der Waals surface area (Å²) in [5.74, 6) is -0.0350.